The highest BCUT2D eigenvalue weighted by Crippen LogP contribution is 2.33. The largest absolute Gasteiger partial charge is 0.416 e. The van der Waals surface area contributed by atoms with Gasteiger partial charge in [0.05, 0.1) is 17.4 Å². The van der Waals surface area contributed by atoms with Crippen LogP contribution in [0.2, 0.25) is 0 Å². The molecule has 0 spiro atoms. The van der Waals surface area contributed by atoms with E-state index in [-0.39, 0.29) is 30.5 Å². The zero-order chi connectivity index (χ0) is 15.7. The Morgan fingerprint density at radius 1 is 1.33 bits per heavy atom. The van der Waals surface area contributed by atoms with E-state index in [1.165, 1.54) is 25.3 Å². The maximum absolute atomic E-state index is 12.9. The number of hydrogen-bond donors (Lipinski definition) is 0. The number of hydrogen-bond acceptors (Lipinski definition) is 3. The van der Waals surface area contributed by atoms with E-state index in [1.807, 2.05) is 0 Å². The van der Waals surface area contributed by atoms with E-state index in [2.05, 4.69) is 0 Å². The van der Waals surface area contributed by atoms with Crippen LogP contribution in [0, 0.1) is 0 Å². The molecule has 0 saturated carbocycles. The van der Waals surface area contributed by atoms with Gasteiger partial charge in [0.25, 0.3) is 0 Å². The zero-order valence-corrected chi connectivity index (χ0v) is 12.2. The van der Waals surface area contributed by atoms with Crippen molar-refractivity contribution >= 4 is 10.0 Å². The molecule has 1 saturated heterocycles. The van der Waals surface area contributed by atoms with Crippen LogP contribution in [0.4, 0.5) is 13.2 Å². The Bertz CT molecular complexity index is 601. The van der Waals surface area contributed by atoms with Gasteiger partial charge in [-0.2, -0.15) is 17.5 Å². The van der Waals surface area contributed by atoms with Crippen molar-refractivity contribution in [2.24, 2.45) is 0 Å². The Kier molecular flexibility index (Phi) is 4.60. The summed E-state index contributed by atoms with van der Waals surface area (Å²) in [6, 6.07) is 5.01. The van der Waals surface area contributed by atoms with E-state index in [0.717, 1.165) is 10.4 Å². The average molecular weight is 323 g/mol. The lowest BCUT2D eigenvalue weighted by atomic mass is 10.1. The molecule has 118 valence electrons. The topological polar surface area (TPSA) is 46.6 Å². The fourth-order valence-corrected chi connectivity index (χ4v) is 3.87. The molecule has 8 heteroatoms. The first-order chi connectivity index (χ1) is 9.74. The van der Waals surface area contributed by atoms with Gasteiger partial charge in [0.1, 0.15) is 0 Å². The van der Waals surface area contributed by atoms with Crippen molar-refractivity contribution in [2.45, 2.75) is 25.2 Å². The molecule has 1 aliphatic rings. The minimum atomic E-state index is -4.50. The van der Waals surface area contributed by atoms with Crippen LogP contribution >= 0.6 is 0 Å². The number of methoxy groups -OCH3 is 1. The van der Waals surface area contributed by atoms with Gasteiger partial charge in [-0.15, -0.1) is 0 Å². The van der Waals surface area contributed by atoms with Gasteiger partial charge in [-0.05, 0) is 18.1 Å². The minimum absolute atomic E-state index is 0.0506. The molecule has 1 fully saturated rings. The van der Waals surface area contributed by atoms with Gasteiger partial charge in [-0.3, -0.25) is 0 Å². The van der Waals surface area contributed by atoms with Crippen LogP contribution in [-0.4, -0.2) is 38.2 Å². The number of rotatable bonds is 3. The molecule has 1 aromatic carbocycles. The van der Waals surface area contributed by atoms with E-state index >= 15 is 0 Å². The Labute approximate surface area is 121 Å². The van der Waals surface area contributed by atoms with E-state index in [9.17, 15) is 21.6 Å². The molecular formula is C13H16F3NO3S. The third-order valence-electron chi connectivity index (χ3n) is 3.50. The van der Waals surface area contributed by atoms with E-state index in [0.29, 0.717) is 6.42 Å². The molecular weight excluding hydrogens is 307 g/mol. The predicted octanol–water partition coefficient (Wildman–Crippen LogP) is 2.26. The number of benzene rings is 1. The second-order valence-corrected chi connectivity index (χ2v) is 7.00. The number of sulfonamides is 1. The van der Waals surface area contributed by atoms with Crippen LogP contribution < -0.4 is 0 Å². The molecule has 1 unspecified atom stereocenters. The summed E-state index contributed by atoms with van der Waals surface area (Å²) in [5.41, 5.74) is -0.856. The molecule has 0 N–H and O–H groups in total. The second kappa shape index (κ2) is 5.94. The van der Waals surface area contributed by atoms with Crippen LogP contribution in [0.15, 0.2) is 24.3 Å². The Morgan fingerprint density at radius 3 is 2.62 bits per heavy atom. The molecule has 0 aliphatic carbocycles. The number of nitrogens with zero attached hydrogens (tertiary/aromatic N) is 1. The number of halogens is 3. The lowest BCUT2D eigenvalue weighted by Gasteiger charge is -2.31. The first-order valence-electron chi connectivity index (χ1n) is 6.40. The minimum Gasteiger partial charge on any atom is -0.380 e. The molecule has 1 atom stereocenters. The highest BCUT2D eigenvalue weighted by molar-refractivity contribution is 7.89. The first-order valence-corrected chi connectivity index (χ1v) is 8.00. The van der Waals surface area contributed by atoms with Crippen molar-refractivity contribution in [3.8, 4) is 0 Å². The van der Waals surface area contributed by atoms with Crippen molar-refractivity contribution in [3.63, 3.8) is 0 Å². The Morgan fingerprint density at radius 2 is 2.00 bits per heavy atom. The van der Waals surface area contributed by atoms with Crippen LogP contribution in [0.3, 0.4) is 0 Å². The lowest BCUT2D eigenvalue weighted by molar-refractivity contribution is -0.138. The second-order valence-electron chi connectivity index (χ2n) is 4.91. The Balaban J connectivity index is 2.28. The fourth-order valence-electron chi connectivity index (χ4n) is 2.32. The quantitative estimate of drug-likeness (QED) is 0.857. The summed E-state index contributed by atoms with van der Waals surface area (Å²) < 4.78 is 69.0. The summed E-state index contributed by atoms with van der Waals surface area (Å²) in [7, 11) is -2.08. The molecule has 21 heavy (non-hydrogen) atoms. The molecule has 0 bridgehead atoms. The third-order valence-corrected chi connectivity index (χ3v) is 5.32. The van der Waals surface area contributed by atoms with E-state index in [4.69, 9.17) is 4.74 Å². The molecule has 1 heterocycles. The Hall–Kier alpha value is -1.12. The van der Waals surface area contributed by atoms with Gasteiger partial charge >= 0.3 is 6.18 Å². The van der Waals surface area contributed by atoms with Crippen LogP contribution in [0.1, 0.15) is 17.5 Å². The summed E-state index contributed by atoms with van der Waals surface area (Å²) in [6.07, 6.45) is -4.43. The van der Waals surface area contributed by atoms with Gasteiger partial charge in [0.15, 0.2) is 0 Å². The van der Waals surface area contributed by atoms with E-state index < -0.39 is 21.8 Å². The van der Waals surface area contributed by atoms with Crippen molar-refractivity contribution in [1.82, 2.24) is 4.31 Å². The van der Waals surface area contributed by atoms with Crippen LogP contribution in [-0.2, 0) is 27.5 Å². The SMILES string of the molecule is COC1CCS(=O)(=O)N(Cc2ccccc2C(F)(F)F)C1. The number of alkyl halides is 3. The molecule has 0 radical (unpaired) electrons. The normalized spacial score (nSPS) is 23.1. The fraction of sp³-hybridized carbons (Fsp3) is 0.538. The summed E-state index contributed by atoms with van der Waals surface area (Å²) in [5, 5.41) is 0. The van der Waals surface area contributed by atoms with Gasteiger partial charge in [-0.1, -0.05) is 18.2 Å². The van der Waals surface area contributed by atoms with Crippen molar-refractivity contribution in [2.75, 3.05) is 19.4 Å². The van der Waals surface area contributed by atoms with Gasteiger partial charge in [0.2, 0.25) is 10.0 Å². The molecule has 4 nitrogen and oxygen atoms in total. The zero-order valence-electron chi connectivity index (χ0n) is 11.4. The predicted molar refractivity (Wildman–Crippen MR) is 71.1 cm³/mol. The molecule has 1 aromatic rings. The first kappa shape index (κ1) is 16.3. The summed E-state index contributed by atoms with van der Waals surface area (Å²) in [6.45, 7) is -0.219. The summed E-state index contributed by atoms with van der Waals surface area (Å²) in [4.78, 5) is 0. The van der Waals surface area contributed by atoms with Crippen LogP contribution in [0.5, 0.6) is 0 Å². The van der Waals surface area contributed by atoms with Gasteiger partial charge < -0.3 is 4.74 Å². The monoisotopic (exact) mass is 323 g/mol. The van der Waals surface area contributed by atoms with Crippen LogP contribution in [0.25, 0.3) is 0 Å². The molecule has 0 aromatic heterocycles. The summed E-state index contributed by atoms with van der Waals surface area (Å²) >= 11 is 0. The molecule has 0 amide bonds. The van der Waals surface area contributed by atoms with Crippen molar-refractivity contribution < 1.29 is 26.3 Å². The highest BCUT2D eigenvalue weighted by Gasteiger charge is 2.36. The van der Waals surface area contributed by atoms with Crippen molar-refractivity contribution in [3.05, 3.63) is 35.4 Å². The summed E-state index contributed by atoms with van der Waals surface area (Å²) in [5.74, 6) is -0.111. The van der Waals surface area contributed by atoms with Gasteiger partial charge in [-0.25, -0.2) is 8.42 Å². The standard InChI is InChI=1S/C13H16F3NO3S/c1-20-11-6-7-21(18,19)17(9-11)8-10-4-2-3-5-12(10)13(14,15)16/h2-5,11H,6-9H2,1H3. The lowest BCUT2D eigenvalue weighted by Crippen LogP contribution is -2.45. The molecule has 2 rings (SSSR count). The molecule has 1 aliphatic heterocycles. The number of ether oxygens (including phenoxy) is 1. The highest BCUT2D eigenvalue weighted by atomic mass is 32.2. The third kappa shape index (κ3) is 3.75. The average Bonchev–Trinajstić information content (AvgIpc) is 2.40. The van der Waals surface area contributed by atoms with Crippen molar-refractivity contribution in [1.29, 1.82) is 0 Å². The maximum Gasteiger partial charge on any atom is 0.416 e. The smallest absolute Gasteiger partial charge is 0.380 e. The maximum atomic E-state index is 12.9. The van der Waals surface area contributed by atoms with Gasteiger partial charge in [0, 0.05) is 20.2 Å². The van der Waals surface area contributed by atoms with E-state index in [1.54, 1.807) is 0 Å².